The summed E-state index contributed by atoms with van der Waals surface area (Å²) in [5, 5.41) is 6.77. The monoisotopic (exact) mass is 139 g/mol. The van der Waals surface area contributed by atoms with Crippen LogP contribution >= 0.6 is 0 Å². The molecule has 1 rings (SSSR count). The maximum Gasteiger partial charge on any atom is 0.139 e. The average molecular weight is 139 g/mol. The van der Waals surface area contributed by atoms with Crippen LogP contribution in [0, 0.1) is 0 Å². The molecule has 54 valence electrons. The first kappa shape index (κ1) is 6.80. The van der Waals surface area contributed by atoms with Gasteiger partial charge in [-0.1, -0.05) is 0 Å². The number of hydrogen-bond donors (Lipinski definition) is 1. The minimum atomic E-state index is 0.339. The molecule has 0 spiro atoms. The van der Waals surface area contributed by atoms with Crippen molar-refractivity contribution in [1.82, 2.24) is 9.78 Å². The Kier molecular flexibility index (Phi) is 2.04. The van der Waals surface area contributed by atoms with Crippen LogP contribution in [-0.2, 0) is 11.8 Å². The number of nitrogens with one attached hydrogen (secondary N) is 1. The second kappa shape index (κ2) is 3.00. The van der Waals surface area contributed by atoms with Gasteiger partial charge in [0.05, 0.1) is 18.4 Å². The molecule has 1 N–H and O–H groups in total. The predicted molar refractivity (Wildman–Crippen MR) is 37.8 cm³/mol. The van der Waals surface area contributed by atoms with Crippen LogP contribution in [0.5, 0.6) is 0 Å². The van der Waals surface area contributed by atoms with Crippen molar-refractivity contribution in [2.75, 3.05) is 11.9 Å². The van der Waals surface area contributed by atoms with Gasteiger partial charge in [0.2, 0.25) is 0 Å². The standard InChI is InChI=1S/C6H9N3O/c1-9-5-6(4-8-9)7-2-3-10/h3-5,7H,2H2,1H3. The highest BCUT2D eigenvalue weighted by Crippen LogP contribution is 2.00. The van der Waals surface area contributed by atoms with Crippen LogP contribution in [-0.4, -0.2) is 22.6 Å². The first-order valence-corrected chi connectivity index (χ1v) is 2.99. The summed E-state index contributed by atoms with van der Waals surface area (Å²) in [7, 11) is 1.83. The van der Waals surface area contributed by atoms with E-state index in [4.69, 9.17) is 0 Å². The molecule has 0 saturated heterocycles. The molecule has 1 aromatic heterocycles. The molecular formula is C6H9N3O. The molecule has 0 aliphatic carbocycles. The summed E-state index contributed by atoms with van der Waals surface area (Å²) in [6.45, 7) is 0.339. The number of rotatable bonds is 3. The van der Waals surface area contributed by atoms with Crippen LogP contribution in [0.25, 0.3) is 0 Å². The molecule has 1 heterocycles. The molecule has 0 atom stereocenters. The first-order chi connectivity index (χ1) is 4.83. The Morgan fingerprint density at radius 1 is 1.90 bits per heavy atom. The van der Waals surface area contributed by atoms with Crippen molar-refractivity contribution in [3.8, 4) is 0 Å². The second-order valence-corrected chi connectivity index (χ2v) is 1.95. The highest BCUT2D eigenvalue weighted by atomic mass is 16.1. The van der Waals surface area contributed by atoms with Gasteiger partial charge in [-0.05, 0) is 0 Å². The van der Waals surface area contributed by atoms with Crippen LogP contribution < -0.4 is 5.32 Å². The van der Waals surface area contributed by atoms with Gasteiger partial charge in [0.25, 0.3) is 0 Å². The van der Waals surface area contributed by atoms with Crippen molar-refractivity contribution in [1.29, 1.82) is 0 Å². The van der Waals surface area contributed by atoms with Gasteiger partial charge in [-0.3, -0.25) is 4.68 Å². The van der Waals surface area contributed by atoms with Gasteiger partial charge >= 0.3 is 0 Å². The Morgan fingerprint density at radius 2 is 2.70 bits per heavy atom. The predicted octanol–water partition coefficient (Wildman–Crippen LogP) is 0.0309. The molecule has 0 radical (unpaired) electrons. The van der Waals surface area contributed by atoms with Gasteiger partial charge in [-0.15, -0.1) is 0 Å². The van der Waals surface area contributed by atoms with Crippen molar-refractivity contribution in [2.24, 2.45) is 7.05 Å². The maximum atomic E-state index is 9.90. The molecule has 0 unspecified atom stereocenters. The van der Waals surface area contributed by atoms with Crippen LogP contribution in [0.2, 0.25) is 0 Å². The van der Waals surface area contributed by atoms with Gasteiger partial charge < -0.3 is 10.1 Å². The van der Waals surface area contributed by atoms with E-state index in [1.165, 1.54) is 0 Å². The summed E-state index contributed by atoms with van der Waals surface area (Å²) in [5.41, 5.74) is 0.870. The third-order valence-electron chi connectivity index (χ3n) is 1.09. The minimum absolute atomic E-state index is 0.339. The Labute approximate surface area is 58.8 Å². The van der Waals surface area contributed by atoms with Crippen molar-refractivity contribution in [3.63, 3.8) is 0 Å². The summed E-state index contributed by atoms with van der Waals surface area (Å²) in [6.07, 6.45) is 4.29. The van der Waals surface area contributed by atoms with Crippen LogP contribution in [0.1, 0.15) is 0 Å². The van der Waals surface area contributed by atoms with E-state index < -0.39 is 0 Å². The summed E-state index contributed by atoms with van der Waals surface area (Å²) in [5.74, 6) is 0. The molecule has 1 aromatic rings. The fraction of sp³-hybridized carbons (Fsp3) is 0.333. The largest absolute Gasteiger partial charge is 0.376 e. The Balaban J connectivity index is 2.49. The molecule has 0 aromatic carbocycles. The molecule has 0 fully saturated rings. The molecule has 0 aliphatic heterocycles. The average Bonchev–Trinajstić information content (AvgIpc) is 2.31. The highest BCUT2D eigenvalue weighted by Gasteiger charge is 1.90. The molecule has 4 heteroatoms. The van der Waals surface area contributed by atoms with E-state index in [2.05, 4.69) is 10.4 Å². The topological polar surface area (TPSA) is 46.9 Å². The van der Waals surface area contributed by atoms with Crippen LogP contribution in [0.4, 0.5) is 5.69 Å². The van der Waals surface area contributed by atoms with Gasteiger partial charge in [-0.2, -0.15) is 5.10 Å². The zero-order chi connectivity index (χ0) is 7.40. The number of aryl methyl sites for hydroxylation is 1. The van der Waals surface area contributed by atoms with Gasteiger partial charge in [0, 0.05) is 13.2 Å². The van der Waals surface area contributed by atoms with Crippen molar-refractivity contribution < 1.29 is 4.79 Å². The fourth-order valence-electron chi connectivity index (χ4n) is 0.672. The Morgan fingerprint density at radius 3 is 3.20 bits per heavy atom. The minimum Gasteiger partial charge on any atom is -0.376 e. The molecule has 0 bridgehead atoms. The summed E-state index contributed by atoms with van der Waals surface area (Å²) >= 11 is 0. The fourth-order valence-corrected chi connectivity index (χ4v) is 0.672. The summed E-state index contributed by atoms with van der Waals surface area (Å²) in [6, 6.07) is 0. The normalized spacial score (nSPS) is 9.30. The van der Waals surface area contributed by atoms with E-state index in [1.807, 2.05) is 13.2 Å². The van der Waals surface area contributed by atoms with E-state index >= 15 is 0 Å². The third-order valence-corrected chi connectivity index (χ3v) is 1.09. The number of carbonyl (C=O) groups excluding carboxylic acids is 1. The van der Waals surface area contributed by atoms with Crippen molar-refractivity contribution in [2.45, 2.75) is 0 Å². The highest BCUT2D eigenvalue weighted by molar-refractivity contribution is 5.58. The number of aldehydes is 1. The van der Waals surface area contributed by atoms with E-state index in [9.17, 15) is 4.79 Å². The van der Waals surface area contributed by atoms with E-state index in [1.54, 1.807) is 10.9 Å². The Hall–Kier alpha value is -1.32. The number of aromatic nitrogens is 2. The zero-order valence-electron chi connectivity index (χ0n) is 5.74. The van der Waals surface area contributed by atoms with Crippen molar-refractivity contribution in [3.05, 3.63) is 12.4 Å². The molecule has 0 amide bonds. The van der Waals surface area contributed by atoms with Crippen LogP contribution in [0.15, 0.2) is 12.4 Å². The second-order valence-electron chi connectivity index (χ2n) is 1.95. The number of nitrogens with zero attached hydrogens (tertiary/aromatic N) is 2. The van der Waals surface area contributed by atoms with Gasteiger partial charge in [0.1, 0.15) is 6.29 Å². The van der Waals surface area contributed by atoms with Gasteiger partial charge in [0.15, 0.2) is 0 Å². The first-order valence-electron chi connectivity index (χ1n) is 2.99. The molecule has 0 saturated carbocycles. The van der Waals surface area contributed by atoms with E-state index in [0.717, 1.165) is 12.0 Å². The van der Waals surface area contributed by atoms with E-state index in [-0.39, 0.29) is 0 Å². The van der Waals surface area contributed by atoms with E-state index in [0.29, 0.717) is 6.54 Å². The number of carbonyl (C=O) groups is 1. The molecular weight excluding hydrogens is 130 g/mol. The lowest BCUT2D eigenvalue weighted by molar-refractivity contribution is -0.106. The Bertz CT molecular complexity index is 219. The third kappa shape index (κ3) is 1.58. The lowest BCUT2D eigenvalue weighted by atomic mass is 10.5. The number of hydrogen-bond acceptors (Lipinski definition) is 3. The molecule has 10 heavy (non-hydrogen) atoms. The lowest BCUT2D eigenvalue weighted by Gasteiger charge is -1.92. The quantitative estimate of drug-likeness (QED) is 0.601. The smallest absolute Gasteiger partial charge is 0.139 e. The zero-order valence-corrected chi connectivity index (χ0v) is 5.74. The lowest BCUT2D eigenvalue weighted by Crippen LogP contribution is -2.00. The molecule has 0 aliphatic rings. The maximum absolute atomic E-state index is 9.90. The van der Waals surface area contributed by atoms with Gasteiger partial charge in [-0.25, -0.2) is 0 Å². The summed E-state index contributed by atoms with van der Waals surface area (Å²) < 4.78 is 1.67. The van der Waals surface area contributed by atoms with Crippen LogP contribution in [0.3, 0.4) is 0 Å². The van der Waals surface area contributed by atoms with Crippen molar-refractivity contribution >= 4 is 12.0 Å². The number of anilines is 1. The SMILES string of the molecule is Cn1cc(NCC=O)cn1. The molecule has 4 nitrogen and oxygen atoms in total. The summed E-state index contributed by atoms with van der Waals surface area (Å²) in [4.78, 5) is 9.90.